The van der Waals surface area contributed by atoms with Gasteiger partial charge in [-0.25, -0.2) is 20.4 Å². The fraction of sp³-hybridized carbons (Fsp3) is 0.333. The van der Waals surface area contributed by atoms with E-state index in [1.54, 1.807) is 6.92 Å². The Morgan fingerprint density at radius 2 is 1.22 bits per heavy atom. The predicted molar refractivity (Wildman–Crippen MR) is 117 cm³/mol. The third kappa shape index (κ3) is 16.0. The number of isocyanates is 2. The summed E-state index contributed by atoms with van der Waals surface area (Å²) in [6.45, 7) is 1.89. The van der Waals surface area contributed by atoms with Gasteiger partial charge in [0.15, 0.2) is 0 Å². The van der Waals surface area contributed by atoms with Gasteiger partial charge < -0.3 is 9.47 Å². The summed E-state index contributed by atoms with van der Waals surface area (Å²) in [4.78, 5) is 38.7. The predicted octanol–water partition coefficient (Wildman–Crippen LogP) is 4.11. The highest BCUT2D eigenvalue weighted by Crippen LogP contribution is 2.08. The van der Waals surface area contributed by atoms with E-state index in [9.17, 15) is 9.59 Å². The topological polar surface area (TPSA) is 134 Å². The first kappa shape index (κ1) is 28.1. The van der Waals surface area contributed by atoms with Crippen LogP contribution in [-0.4, -0.2) is 36.8 Å². The molecule has 1 aliphatic rings. The maximum Gasteiger partial charge on any atom is 0.306 e. The number of nitrogens with one attached hydrogen (secondary N) is 2. The first-order valence-corrected chi connectivity index (χ1v) is 9.97. The molecule has 8 nitrogen and oxygen atoms in total. The van der Waals surface area contributed by atoms with Crippen molar-refractivity contribution < 1.29 is 28.7 Å². The van der Waals surface area contributed by atoms with Gasteiger partial charge in [0.2, 0.25) is 12.2 Å². The van der Waals surface area contributed by atoms with Gasteiger partial charge in [0, 0.05) is 12.8 Å². The summed E-state index contributed by atoms with van der Waals surface area (Å²) in [5, 5.41) is 10.8. The molecule has 0 aromatic heterocycles. The molecule has 2 aromatic rings. The van der Waals surface area contributed by atoms with E-state index in [1.807, 2.05) is 0 Å². The standard InChI is InChI=1S/C13H12.C9H14O4.2CHNO/c1-3-7-12(8-4-1)11-13-9-5-2-6-10-13;1-7-6-12-8(10)4-2-3-5-9(11)13-7;2*2-1-3/h1-10H,11H2;7H,2-6H2,1H3;2*2H. The van der Waals surface area contributed by atoms with Crippen LogP contribution in [0, 0.1) is 10.8 Å². The van der Waals surface area contributed by atoms with Gasteiger partial charge in [0.1, 0.15) is 12.7 Å². The lowest BCUT2D eigenvalue weighted by molar-refractivity contribution is -0.159. The quantitative estimate of drug-likeness (QED) is 0.410. The third-order valence-corrected chi connectivity index (χ3v) is 3.92. The molecule has 0 bridgehead atoms. The van der Waals surface area contributed by atoms with E-state index in [-0.39, 0.29) is 24.6 Å². The molecule has 1 aliphatic heterocycles. The molecule has 0 saturated carbocycles. The van der Waals surface area contributed by atoms with E-state index in [0.29, 0.717) is 25.7 Å². The van der Waals surface area contributed by atoms with E-state index >= 15 is 0 Å². The summed E-state index contributed by atoms with van der Waals surface area (Å²) >= 11 is 0. The van der Waals surface area contributed by atoms with E-state index in [2.05, 4.69) is 60.7 Å². The molecule has 8 heteroatoms. The van der Waals surface area contributed by atoms with Crippen molar-refractivity contribution >= 4 is 24.1 Å². The number of cyclic esters (lactones) is 2. The van der Waals surface area contributed by atoms with Gasteiger partial charge in [0.25, 0.3) is 0 Å². The number of rotatable bonds is 2. The summed E-state index contributed by atoms with van der Waals surface area (Å²) in [7, 11) is 0. The second kappa shape index (κ2) is 19.1. The van der Waals surface area contributed by atoms with E-state index < -0.39 is 0 Å². The van der Waals surface area contributed by atoms with Crippen molar-refractivity contribution in [3.05, 3.63) is 71.8 Å². The van der Waals surface area contributed by atoms with Gasteiger partial charge in [-0.05, 0) is 37.3 Å². The molecule has 0 aliphatic carbocycles. The Balaban J connectivity index is 0.000000483. The van der Waals surface area contributed by atoms with Crippen LogP contribution < -0.4 is 0 Å². The summed E-state index contributed by atoms with van der Waals surface area (Å²) in [6, 6.07) is 21.1. The molecule has 2 N–H and O–H groups in total. The van der Waals surface area contributed by atoms with Gasteiger partial charge in [-0.3, -0.25) is 9.59 Å². The summed E-state index contributed by atoms with van der Waals surface area (Å²) in [6.07, 6.45) is 4.40. The molecule has 32 heavy (non-hydrogen) atoms. The van der Waals surface area contributed by atoms with Gasteiger partial charge in [-0.15, -0.1) is 0 Å². The zero-order chi connectivity index (χ0) is 24.0. The van der Waals surface area contributed by atoms with Crippen LogP contribution in [-0.2, 0) is 35.1 Å². The average Bonchev–Trinajstić information content (AvgIpc) is 2.78. The van der Waals surface area contributed by atoms with E-state index in [1.165, 1.54) is 11.1 Å². The van der Waals surface area contributed by atoms with Crippen LogP contribution in [0.2, 0.25) is 0 Å². The minimum absolute atomic E-state index is 0.171. The first-order valence-electron chi connectivity index (χ1n) is 9.97. The van der Waals surface area contributed by atoms with Crippen molar-refractivity contribution in [2.75, 3.05) is 6.61 Å². The number of ether oxygens (including phenoxy) is 2. The average molecular weight is 440 g/mol. The Morgan fingerprint density at radius 3 is 1.66 bits per heavy atom. The first-order chi connectivity index (χ1) is 15.5. The second-order valence-corrected chi connectivity index (χ2v) is 6.54. The molecule has 1 heterocycles. The minimum Gasteiger partial charge on any atom is -0.462 e. The third-order valence-electron chi connectivity index (χ3n) is 3.92. The second-order valence-electron chi connectivity index (χ2n) is 6.54. The van der Waals surface area contributed by atoms with Crippen molar-refractivity contribution in [1.29, 1.82) is 10.8 Å². The maximum absolute atomic E-state index is 11.0. The molecular weight excluding hydrogens is 412 g/mol. The molecule has 3 rings (SSSR count). The Bertz CT molecular complexity index is 794. The Hall–Kier alpha value is -3.86. The van der Waals surface area contributed by atoms with Crippen LogP contribution in [0.15, 0.2) is 60.7 Å². The zero-order valence-electron chi connectivity index (χ0n) is 18.0. The Kier molecular flexibility index (Phi) is 16.8. The van der Waals surface area contributed by atoms with Gasteiger partial charge in [0.05, 0.1) is 0 Å². The largest absolute Gasteiger partial charge is 0.462 e. The Labute approximate surface area is 187 Å². The van der Waals surface area contributed by atoms with Crippen LogP contribution in [0.3, 0.4) is 0 Å². The summed E-state index contributed by atoms with van der Waals surface area (Å²) < 4.78 is 9.82. The molecule has 2 aromatic carbocycles. The van der Waals surface area contributed by atoms with Gasteiger partial charge >= 0.3 is 11.9 Å². The van der Waals surface area contributed by atoms with Crippen LogP contribution >= 0.6 is 0 Å². The number of carbonyl (C=O) groups is 2. The summed E-state index contributed by atoms with van der Waals surface area (Å²) in [5.74, 6) is -0.407. The normalized spacial score (nSPS) is 15.1. The molecule has 0 radical (unpaired) electrons. The van der Waals surface area contributed by atoms with Gasteiger partial charge in [-0.2, -0.15) is 0 Å². The fourth-order valence-electron chi connectivity index (χ4n) is 2.57. The lowest BCUT2D eigenvalue weighted by Gasteiger charge is -2.15. The smallest absolute Gasteiger partial charge is 0.306 e. The van der Waals surface area contributed by atoms with Gasteiger partial charge in [-0.1, -0.05) is 60.7 Å². The van der Waals surface area contributed by atoms with Crippen molar-refractivity contribution in [3.63, 3.8) is 0 Å². The fourth-order valence-corrected chi connectivity index (χ4v) is 2.57. The van der Waals surface area contributed by atoms with Crippen LogP contribution in [0.25, 0.3) is 0 Å². The van der Waals surface area contributed by atoms with Crippen molar-refractivity contribution in [2.45, 2.75) is 45.1 Å². The lowest BCUT2D eigenvalue weighted by atomic mass is 10.1. The zero-order valence-corrected chi connectivity index (χ0v) is 18.0. The number of hydrogen-bond donors (Lipinski definition) is 2. The SMILES string of the molecule is CC1COC(=O)CCCCC(=O)O1.N=C=O.N=C=O.c1ccc(Cc2ccccc2)cc1. The molecule has 1 unspecified atom stereocenters. The minimum atomic E-state index is -0.324. The van der Waals surface area contributed by atoms with Crippen molar-refractivity contribution in [2.24, 2.45) is 0 Å². The van der Waals surface area contributed by atoms with Crippen LogP contribution in [0.4, 0.5) is 0 Å². The van der Waals surface area contributed by atoms with Crippen molar-refractivity contribution in [1.82, 2.24) is 0 Å². The number of hydrogen-bond acceptors (Lipinski definition) is 8. The Morgan fingerprint density at radius 1 is 0.812 bits per heavy atom. The molecule has 0 spiro atoms. The highest BCUT2D eigenvalue weighted by molar-refractivity contribution is 5.71. The molecular formula is C24H28N2O6. The van der Waals surface area contributed by atoms with E-state index in [0.717, 1.165) is 18.6 Å². The molecule has 1 fully saturated rings. The summed E-state index contributed by atoms with van der Waals surface area (Å²) in [5.41, 5.74) is 2.74. The molecule has 1 atom stereocenters. The van der Waals surface area contributed by atoms with Crippen LogP contribution in [0.5, 0.6) is 0 Å². The molecule has 1 saturated heterocycles. The monoisotopic (exact) mass is 440 g/mol. The number of benzene rings is 2. The van der Waals surface area contributed by atoms with Crippen molar-refractivity contribution in [3.8, 4) is 0 Å². The van der Waals surface area contributed by atoms with Crippen LogP contribution in [0.1, 0.15) is 43.7 Å². The number of esters is 2. The lowest BCUT2D eigenvalue weighted by Crippen LogP contribution is -2.23. The highest BCUT2D eigenvalue weighted by Gasteiger charge is 2.14. The molecule has 0 amide bonds. The van der Waals surface area contributed by atoms with E-state index in [4.69, 9.17) is 29.9 Å². The highest BCUT2D eigenvalue weighted by atomic mass is 16.6. The maximum atomic E-state index is 11.0. The number of carbonyl (C=O) groups excluding carboxylic acids is 4. The molecule has 170 valence electrons.